The molecule has 0 aliphatic rings. The van der Waals surface area contributed by atoms with Gasteiger partial charge in [-0.15, -0.1) is 10.2 Å². The van der Waals surface area contributed by atoms with Crippen LogP contribution in [-0.2, 0) is 13.2 Å². The normalized spacial score (nSPS) is 10.8. The molecule has 30 heavy (non-hydrogen) atoms. The molecule has 0 fully saturated rings. The number of aryl methyl sites for hydroxylation is 1. The first-order valence-corrected chi connectivity index (χ1v) is 11.1. The van der Waals surface area contributed by atoms with E-state index in [4.69, 9.17) is 21.1 Å². The summed E-state index contributed by atoms with van der Waals surface area (Å²) in [6.45, 7) is 7.46. The van der Waals surface area contributed by atoms with Gasteiger partial charge in [0.15, 0.2) is 28.3 Å². The summed E-state index contributed by atoms with van der Waals surface area (Å²) in [4.78, 5) is 12.4. The number of aromatic nitrogens is 3. The average Bonchev–Trinajstić information content (AvgIpc) is 3.14. The molecule has 0 amide bonds. The second kappa shape index (κ2) is 10.5. The van der Waals surface area contributed by atoms with Gasteiger partial charge in [0.25, 0.3) is 0 Å². The lowest BCUT2D eigenvalue weighted by molar-refractivity contribution is 0.102. The van der Waals surface area contributed by atoms with Crippen LogP contribution in [0.25, 0.3) is 0 Å². The maximum absolute atomic E-state index is 12.4. The molecule has 3 aromatic rings. The van der Waals surface area contributed by atoms with Crippen molar-refractivity contribution in [2.24, 2.45) is 0 Å². The van der Waals surface area contributed by atoms with Gasteiger partial charge in [0, 0.05) is 17.1 Å². The predicted octanol–water partition coefficient (Wildman–Crippen LogP) is 5.21. The molecule has 3 rings (SSSR count). The summed E-state index contributed by atoms with van der Waals surface area (Å²) in [5, 5.41) is 9.79. The van der Waals surface area contributed by atoms with E-state index >= 15 is 0 Å². The molecular weight excluding hydrogens is 422 g/mol. The van der Waals surface area contributed by atoms with Crippen molar-refractivity contribution in [1.82, 2.24) is 14.8 Å². The predicted molar refractivity (Wildman–Crippen MR) is 119 cm³/mol. The highest BCUT2D eigenvalue weighted by atomic mass is 35.5. The zero-order valence-electron chi connectivity index (χ0n) is 17.2. The number of carbonyl (C=O) groups is 1. The minimum Gasteiger partial charge on any atom is -0.490 e. The standard InChI is InChI=1S/C22H24ClN3O3S/c1-4-26-21(13-29-19-11-6-15(3)12-20(19)28-5-2)24-25-22(26)30-14-18(27)16-7-9-17(23)10-8-16/h6-12H,4-5,13-14H2,1-3H3. The first-order valence-electron chi connectivity index (χ1n) is 9.71. The van der Waals surface area contributed by atoms with E-state index in [0.29, 0.717) is 46.2 Å². The maximum atomic E-state index is 12.4. The van der Waals surface area contributed by atoms with Gasteiger partial charge in [-0.3, -0.25) is 4.79 Å². The second-order valence-electron chi connectivity index (χ2n) is 6.53. The number of nitrogens with zero attached hydrogens (tertiary/aromatic N) is 3. The Morgan fingerprint density at radius 2 is 1.83 bits per heavy atom. The molecule has 0 bridgehead atoms. The Labute approximate surface area is 185 Å². The molecule has 6 nitrogen and oxygen atoms in total. The monoisotopic (exact) mass is 445 g/mol. The van der Waals surface area contributed by atoms with E-state index in [2.05, 4.69) is 10.2 Å². The molecule has 0 radical (unpaired) electrons. The van der Waals surface area contributed by atoms with Crippen molar-refractivity contribution in [3.63, 3.8) is 0 Å². The van der Waals surface area contributed by atoms with Gasteiger partial charge in [0.2, 0.25) is 0 Å². The number of ketones is 1. The number of Topliss-reactive ketones (excluding diaryl/α,β-unsaturated/α-hetero) is 1. The highest BCUT2D eigenvalue weighted by Gasteiger charge is 2.15. The summed E-state index contributed by atoms with van der Waals surface area (Å²) in [5.41, 5.74) is 1.73. The van der Waals surface area contributed by atoms with Crippen molar-refractivity contribution in [2.45, 2.75) is 39.1 Å². The zero-order chi connectivity index (χ0) is 21.5. The lowest BCUT2D eigenvalue weighted by atomic mass is 10.1. The first kappa shape index (κ1) is 22.2. The van der Waals surface area contributed by atoms with E-state index in [1.54, 1.807) is 24.3 Å². The van der Waals surface area contributed by atoms with Gasteiger partial charge in [-0.1, -0.05) is 29.4 Å². The van der Waals surface area contributed by atoms with Crippen molar-refractivity contribution >= 4 is 29.1 Å². The van der Waals surface area contributed by atoms with Crippen LogP contribution in [0.4, 0.5) is 0 Å². The van der Waals surface area contributed by atoms with Gasteiger partial charge in [-0.25, -0.2) is 0 Å². The number of rotatable bonds is 10. The fraction of sp³-hybridized carbons (Fsp3) is 0.318. The average molecular weight is 446 g/mol. The molecule has 1 aromatic heterocycles. The Morgan fingerprint density at radius 1 is 1.07 bits per heavy atom. The molecule has 0 spiro atoms. The third-order valence-corrected chi connectivity index (χ3v) is 5.58. The van der Waals surface area contributed by atoms with Crippen LogP contribution in [0, 0.1) is 6.92 Å². The third kappa shape index (κ3) is 5.55. The molecule has 0 aliphatic carbocycles. The Kier molecular flexibility index (Phi) is 7.76. The molecule has 0 unspecified atom stereocenters. The molecular formula is C22H24ClN3O3S. The minimum absolute atomic E-state index is 0.0149. The largest absolute Gasteiger partial charge is 0.490 e. The Morgan fingerprint density at radius 3 is 2.53 bits per heavy atom. The van der Waals surface area contributed by atoms with E-state index in [1.807, 2.05) is 43.5 Å². The van der Waals surface area contributed by atoms with Crippen LogP contribution in [0.3, 0.4) is 0 Å². The molecule has 1 heterocycles. The van der Waals surface area contributed by atoms with Crippen LogP contribution < -0.4 is 9.47 Å². The quantitative estimate of drug-likeness (QED) is 0.315. The molecule has 2 aromatic carbocycles. The smallest absolute Gasteiger partial charge is 0.191 e. The van der Waals surface area contributed by atoms with Crippen LogP contribution in [0.15, 0.2) is 47.6 Å². The van der Waals surface area contributed by atoms with Crippen molar-refractivity contribution in [3.8, 4) is 11.5 Å². The third-order valence-electron chi connectivity index (χ3n) is 4.36. The van der Waals surface area contributed by atoms with E-state index in [9.17, 15) is 4.79 Å². The van der Waals surface area contributed by atoms with E-state index in [1.165, 1.54) is 11.8 Å². The minimum atomic E-state index is 0.0149. The van der Waals surface area contributed by atoms with E-state index in [0.717, 1.165) is 5.56 Å². The summed E-state index contributed by atoms with van der Waals surface area (Å²) < 4.78 is 13.6. The molecule has 0 atom stereocenters. The second-order valence-corrected chi connectivity index (χ2v) is 7.91. The van der Waals surface area contributed by atoms with Gasteiger partial charge in [0.1, 0.15) is 6.61 Å². The number of benzene rings is 2. The topological polar surface area (TPSA) is 66.2 Å². The number of ether oxygens (including phenoxy) is 2. The van der Waals surface area contributed by atoms with Crippen molar-refractivity contribution in [3.05, 3.63) is 64.4 Å². The van der Waals surface area contributed by atoms with Gasteiger partial charge >= 0.3 is 0 Å². The van der Waals surface area contributed by atoms with Crippen molar-refractivity contribution in [1.29, 1.82) is 0 Å². The summed E-state index contributed by atoms with van der Waals surface area (Å²) in [6.07, 6.45) is 0. The molecule has 158 valence electrons. The van der Waals surface area contributed by atoms with Gasteiger partial charge < -0.3 is 14.0 Å². The Balaban J connectivity index is 1.65. The molecule has 0 saturated heterocycles. The highest BCUT2D eigenvalue weighted by Crippen LogP contribution is 2.29. The highest BCUT2D eigenvalue weighted by molar-refractivity contribution is 7.99. The summed E-state index contributed by atoms with van der Waals surface area (Å²) in [5.74, 6) is 2.36. The zero-order valence-corrected chi connectivity index (χ0v) is 18.8. The molecule has 0 saturated carbocycles. The maximum Gasteiger partial charge on any atom is 0.191 e. The lowest BCUT2D eigenvalue weighted by Gasteiger charge is -2.13. The van der Waals surface area contributed by atoms with Crippen LogP contribution in [0.5, 0.6) is 11.5 Å². The van der Waals surface area contributed by atoms with Gasteiger partial charge in [-0.05, 0) is 62.7 Å². The fourth-order valence-electron chi connectivity index (χ4n) is 2.84. The van der Waals surface area contributed by atoms with Gasteiger partial charge in [0.05, 0.1) is 12.4 Å². The van der Waals surface area contributed by atoms with E-state index < -0.39 is 0 Å². The van der Waals surface area contributed by atoms with Crippen LogP contribution in [0.1, 0.15) is 35.6 Å². The van der Waals surface area contributed by atoms with Crippen LogP contribution in [0.2, 0.25) is 5.02 Å². The van der Waals surface area contributed by atoms with Crippen molar-refractivity contribution < 1.29 is 14.3 Å². The number of hydrogen-bond donors (Lipinski definition) is 0. The summed E-state index contributed by atoms with van der Waals surface area (Å²) in [6, 6.07) is 12.7. The molecule has 8 heteroatoms. The summed E-state index contributed by atoms with van der Waals surface area (Å²) in [7, 11) is 0. The van der Waals surface area contributed by atoms with Crippen LogP contribution in [-0.4, -0.2) is 32.9 Å². The lowest BCUT2D eigenvalue weighted by Crippen LogP contribution is -2.09. The van der Waals surface area contributed by atoms with E-state index in [-0.39, 0.29) is 18.1 Å². The van der Waals surface area contributed by atoms with Gasteiger partial charge in [-0.2, -0.15) is 0 Å². The number of halogens is 1. The Hall–Kier alpha value is -2.51. The number of carbonyl (C=O) groups excluding carboxylic acids is 1. The first-order chi connectivity index (χ1) is 14.5. The van der Waals surface area contributed by atoms with Crippen LogP contribution >= 0.6 is 23.4 Å². The number of thioether (sulfide) groups is 1. The molecule has 0 N–H and O–H groups in total. The molecule has 0 aliphatic heterocycles. The summed E-state index contributed by atoms with van der Waals surface area (Å²) >= 11 is 7.24. The Bertz CT molecular complexity index is 1010. The fourth-order valence-corrected chi connectivity index (χ4v) is 3.89. The van der Waals surface area contributed by atoms with Crippen molar-refractivity contribution in [2.75, 3.05) is 12.4 Å². The SMILES string of the molecule is CCOc1cc(C)ccc1OCc1nnc(SCC(=O)c2ccc(Cl)cc2)n1CC. The number of hydrogen-bond acceptors (Lipinski definition) is 6.